The molecule has 9 rings (SSSR count). The van der Waals surface area contributed by atoms with Crippen LogP contribution in [0.4, 0.5) is 28.4 Å². The monoisotopic (exact) mass is 650 g/mol. The highest BCUT2D eigenvalue weighted by Gasteiger charge is 2.77. The SMILES string of the molecule is N#Cc1c(N)sc2cc(F)cc(-c3ncc4c(N5C[C@H]6CC[C@@H](C5)N6)nc(OC[C@@]56CCCN5C[C@@]5(CC5(F)F)C6)nc4c3F)c12. The van der Waals surface area contributed by atoms with Crippen LogP contribution in [0.25, 0.3) is 32.2 Å². The second kappa shape index (κ2) is 9.62. The number of nitrogens with two attached hydrogens (primary N) is 1. The van der Waals surface area contributed by atoms with E-state index in [4.69, 9.17) is 15.5 Å². The number of thiophene rings is 1. The minimum absolute atomic E-state index is 0.0453. The summed E-state index contributed by atoms with van der Waals surface area (Å²) in [5.41, 5.74) is 4.54. The number of nitrogens with one attached hydrogen (secondary N) is 1. The topological polar surface area (TPSA) is 116 Å². The van der Waals surface area contributed by atoms with Gasteiger partial charge in [-0.3, -0.25) is 9.88 Å². The Bertz CT molecular complexity index is 1990. The zero-order valence-corrected chi connectivity index (χ0v) is 25.6. The van der Waals surface area contributed by atoms with E-state index in [2.05, 4.69) is 31.2 Å². The van der Waals surface area contributed by atoms with Crippen molar-refractivity contribution in [2.24, 2.45) is 5.41 Å². The maximum atomic E-state index is 16.7. The molecule has 4 aliphatic heterocycles. The molecular weight excluding hydrogens is 620 g/mol. The van der Waals surface area contributed by atoms with E-state index in [-0.39, 0.29) is 58.5 Å². The molecular formula is C32H30F4N8OS. The number of nitrogen functional groups attached to an aromatic ring is 1. The molecule has 2 bridgehead atoms. The molecule has 1 saturated carbocycles. The highest BCUT2D eigenvalue weighted by atomic mass is 32.1. The average molecular weight is 651 g/mol. The van der Waals surface area contributed by atoms with Gasteiger partial charge in [-0.1, -0.05) is 0 Å². The van der Waals surface area contributed by atoms with Crippen LogP contribution in [0.5, 0.6) is 6.01 Å². The molecule has 1 aromatic carbocycles. The number of rotatable bonds is 5. The van der Waals surface area contributed by atoms with E-state index in [1.807, 2.05) is 0 Å². The Morgan fingerprint density at radius 1 is 1.15 bits per heavy atom. The van der Waals surface area contributed by atoms with E-state index in [0.717, 1.165) is 49.6 Å². The Morgan fingerprint density at radius 3 is 2.67 bits per heavy atom. The molecule has 1 spiro atoms. The van der Waals surface area contributed by atoms with Crippen LogP contribution in [0, 0.1) is 28.4 Å². The molecule has 14 heteroatoms. The Balaban J connectivity index is 1.16. The number of fused-ring (bicyclic) bond motifs is 5. The number of benzene rings is 1. The van der Waals surface area contributed by atoms with Gasteiger partial charge in [-0.15, -0.1) is 11.3 Å². The minimum atomic E-state index is -2.66. The van der Waals surface area contributed by atoms with Crippen LogP contribution in [0.2, 0.25) is 0 Å². The number of nitrogens with zero attached hydrogens (tertiary/aromatic N) is 6. The first-order valence-electron chi connectivity index (χ1n) is 15.6. The fourth-order valence-corrected chi connectivity index (χ4v) is 9.62. The van der Waals surface area contributed by atoms with E-state index in [1.54, 1.807) is 0 Å². The molecule has 5 fully saturated rings. The predicted molar refractivity (Wildman–Crippen MR) is 165 cm³/mol. The zero-order valence-electron chi connectivity index (χ0n) is 24.8. The molecule has 46 heavy (non-hydrogen) atoms. The third kappa shape index (κ3) is 4.07. The molecule has 238 valence electrons. The number of alkyl halides is 2. The van der Waals surface area contributed by atoms with Crippen molar-refractivity contribution in [2.45, 2.75) is 62.1 Å². The van der Waals surface area contributed by atoms with E-state index in [9.17, 15) is 18.4 Å². The summed E-state index contributed by atoms with van der Waals surface area (Å²) >= 11 is 1.05. The van der Waals surface area contributed by atoms with Gasteiger partial charge in [0.05, 0.1) is 21.9 Å². The summed E-state index contributed by atoms with van der Waals surface area (Å²) in [6, 6.07) is 4.96. The number of ether oxygens (including phenoxy) is 1. The van der Waals surface area contributed by atoms with E-state index < -0.39 is 28.5 Å². The lowest BCUT2D eigenvalue weighted by Crippen LogP contribution is -2.51. The van der Waals surface area contributed by atoms with Crippen molar-refractivity contribution in [1.82, 2.24) is 25.2 Å². The number of hydrogen-bond donors (Lipinski definition) is 2. The lowest BCUT2D eigenvalue weighted by molar-refractivity contribution is 0.0647. The molecule has 5 aliphatic rings. The van der Waals surface area contributed by atoms with E-state index in [1.165, 1.54) is 12.3 Å². The Hall–Kier alpha value is -3.80. The summed E-state index contributed by atoms with van der Waals surface area (Å²) in [4.78, 5) is 18.0. The summed E-state index contributed by atoms with van der Waals surface area (Å²) in [7, 11) is 0. The van der Waals surface area contributed by atoms with Crippen LogP contribution in [-0.4, -0.2) is 76.2 Å². The largest absolute Gasteiger partial charge is 0.461 e. The van der Waals surface area contributed by atoms with Crippen molar-refractivity contribution < 1.29 is 22.3 Å². The van der Waals surface area contributed by atoms with Crippen molar-refractivity contribution in [3.8, 4) is 23.3 Å². The normalized spacial score (nSPS) is 29.6. The van der Waals surface area contributed by atoms with Crippen LogP contribution in [0.1, 0.15) is 44.1 Å². The Morgan fingerprint density at radius 2 is 1.93 bits per heavy atom. The van der Waals surface area contributed by atoms with Crippen molar-refractivity contribution in [3.63, 3.8) is 0 Å². The Labute approximate surface area is 265 Å². The van der Waals surface area contributed by atoms with Crippen LogP contribution in [-0.2, 0) is 0 Å². The van der Waals surface area contributed by atoms with Crippen LogP contribution in [0.15, 0.2) is 18.3 Å². The second-order valence-corrected chi connectivity index (χ2v) is 14.8. The molecule has 3 aromatic heterocycles. The summed E-state index contributed by atoms with van der Waals surface area (Å²) in [5, 5.41) is 14.3. The number of anilines is 2. The molecule has 4 saturated heterocycles. The van der Waals surface area contributed by atoms with Crippen molar-refractivity contribution in [1.29, 1.82) is 5.26 Å². The van der Waals surface area contributed by atoms with Crippen molar-refractivity contribution in [2.75, 3.05) is 43.4 Å². The molecule has 0 amide bonds. The quantitative estimate of drug-likeness (QED) is 0.281. The third-order valence-electron chi connectivity index (χ3n) is 10.9. The summed E-state index contributed by atoms with van der Waals surface area (Å²) in [6.07, 6.45) is 5.40. The molecule has 3 N–H and O–H groups in total. The number of nitriles is 1. The number of aromatic nitrogens is 3. The van der Waals surface area contributed by atoms with E-state index >= 15 is 4.39 Å². The van der Waals surface area contributed by atoms with Gasteiger partial charge in [0, 0.05) is 60.0 Å². The number of piperazine rings is 1. The van der Waals surface area contributed by atoms with Gasteiger partial charge in [0.2, 0.25) is 0 Å². The highest BCUT2D eigenvalue weighted by molar-refractivity contribution is 7.23. The van der Waals surface area contributed by atoms with Gasteiger partial charge in [-0.2, -0.15) is 15.2 Å². The molecule has 4 atom stereocenters. The minimum Gasteiger partial charge on any atom is -0.461 e. The molecule has 9 nitrogen and oxygen atoms in total. The lowest BCUT2D eigenvalue weighted by atomic mass is 9.89. The Kier molecular flexibility index (Phi) is 5.94. The first kappa shape index (κ1) is 28.4. The van der Waals surface area contributed by atoms with Gasteiger partial charge in [0.1, 0.15) is 40.5 Å². The van der Waals surface area contributed by atoms with Gasteiger partial charge in [-0.05, 0) is 50.8 Å². The van der Waals surface area contributed by atoms with Crippen LogP contribution in [0.3, 0.4) is 0 Å². The van der Waals surface area contributed by atoms with Crippen LogP contribution >= 0.6 is 11.3 Å². The highest BCUT2D eigenvalue weighted by Crippen LogP contribution is 2.69. The summed E-state index contributed by atoms with van der Waals surface area (Å²) in [5.74, 6) is -3.60. The molecule has 4 aromatic rings. The van der Waals surface area contributed by atoms with Gasteiger partial charge >= 0.3 is 6.01 Å². The maximum absolute atomic E-state index is 16.7. The number of pyridine rings is 1. The smallest absolute Gasteiger partial charge is 0.319 e. The summed E-state index contributed by atoms with van der Waals surface area (Å²) < 4.78 is 67.1. The van der Waals surface area contributed by atoms with Crippen LogP contribution < -0.4 is 20.7 Å². The summed E-state index contributed by atoms with van der Waals surface area (Å²) in [6.45, 7) is 2.51. The molecule has 0 unspecified atom stereocenters. The maximum Gasteiger partial charge on any atom is 0.319 e. The number of halogens is 4. The average Bonchev–Trinajstić information content (AvgIpc) is 3.49. The predicted octanol–water partition coefficient (Wildman–Crippen LogP) is 5.22. The lowest BCUT2D eigenvalue weighted by Gasteiger charge is -2.34. The first-order valence-corrected chi connectivity index (χ1v) is 16.5. The number of hydrogen-bond acceptors (Lipinski definition) is 10. The second-order valence-electron chi connectivity index (χ2n) is 13.7. The standard InChI is InChI=1S/C32H30F4N8OS/c33-16-6-19(23-20(8-37)27(38)46-22(23)7-16)25-24(34)26-21(9-39-25)28(43-10-17-2-3-18(11-43)40-17)42-29(41-26)45-15-31-4-1-5-44(31)14-30(12-31)13-32(30,35)36/h6-7,9,17-18,40H,1-5,10-15,38H2/t17-,18+,30-,31-/m0/s1. The van der Waals surface area contributed by atoms with Crippen molar-refractivity contribution >= 4 is 43.1 Å². The first-order chi connectivity index (χ1) is 22.1. The third-order valence-corrected chi connectivity index (χ3v) is 11.9. The fourth-order valence-electron chi connectivity index (χ4n) is 8.65. The molecule has 7 heterocycles. The van der Waals surface area contributed by atoms with Crippen molar-refractivity contribution in [3.05, 3.63) is 35.5 Å². The van der Waals surface area contributed by atoms with E-state index in [0.29, 0.717) is 47.3 Å². The van der Waals surface area contributed by atoms with Gasteiger partial charge in [0.15, 0.2) is 5.82 Å². The van der Waals surface area contributed by atoms with Gasteiger partial charge in [-0.25, -0.2) is 17.6 Å². The van der Waals surface area contributed by atoms with Gasteiger partial charge < -0.3 is 20.7 Å². The molecule has 0 radical (unpaired) electrons. The zero-order chi connectivity index (χ0) is 31.6. The van der Waals surface area contributed by atoms with Gasteiger partial charge in [0.25, 0.3) is 5.92 Å². The molecule has 1 aliphatic carbocycles. The fraction of sp³-hybridized carbons (Fsp3) is 0.500.